The topological polar surface area (TPSA) is 94.8 Å². The van der Waals surface area contributed by atoms with Crippen molar-refractivity contribution in [2.75, 3.05) is 0 Å². The molecule has 0 aromatic heterocycles. The Kier molecular flexibility index (Phi) is 12.0. The largest absolute Gasteiger partial charge is 0.481 e. The maximum absolute atomic E-state index is 10.3. The van der Waals surface area contributed by atoms with Crippen molar-refractivity contribution >= 4 is 11.9 Å². The van der Waals surface area contributed by atoms with Crippen LogP contribution in [0.5, 0.6) is 0 Å². The van der Waals surface area contributed by atoms with Crippen molar-refractivity contribution in [1.29, 1.82) is 0 Å². The lowest BCUT2D eigenvalue weighted by Crippen LogP contribution is -2.10. The Morgan fingerprint density at radius 2 is 1.24 bits per heavy atom. The van der Waals surface area contributed by atoms with E-state index < -0.39 is 11.9 Å². The fraction of sp³-hybridized carbons (Fsp3) is 0.875. The number of aliphatic hydroxyl groups is 1. The van der Waals surface area contributed by atoms with Gasteiger partial charge in [0, 0.05) is 13.3 Å². The Morgan fingerprint density at radius 1 is 0.857 bits per heavy atom. The van der Waals surface area contributed by atoms with Gasteiger partial charge in [-0.3, -0.25) is 9.59 Å². The van der Waals surface area contributed by atoms with Gasteiger partial charge in [-0.2, -0.15) is 0 Å². The molecule has 0 aromatic rings. The Morgan fingerprint density at radius 3 is 1.52 bits per heavy atom. The first-order chi connectivity index (χ1) is 9.91. The molecule has 2 saturated carbocycles. The molecule has 0 amide bonds. The van der Waals surface area contributed by atoms with Gasteiger partial charge in [0.05, 0.1) is 6.10 Å². The first-order valence-corrected chi connectivity index (χ1v) is 8.01. The lowest BCUT2D eigenvalue weighted by atomic mass is 9.87. The molecular formula is C16H30O5. The molecule has 21 heavy (non-hydrogen) atoms. The van der Waals surface area contributed by atoms with Crippen LogP contribution in [0, 0.1) is 5.92 Å². The molecule has 2 fully saturated rings. The van der Waals surface area contributed by atoms with Crippen molar-refractivity contribution in [2.45, 2.75) is 83.7 Å². The maximum Gasteiger partial charge on any atom is 0.303 e. The Labute approximate surface area is 127 Å². The lowest BCUT2D eigenvalue weighted by Gasteiger charge is -2.18. The van der Waals surface area contributed by atoms with Crippen molar-refractivity contribution in [3.8, 4) is 0 Å². The summed E-state index contributed by atoms with van der Waals surface area (Å²) in [6.45, 7) is 1.08. The highest BCUT2D eigenvalue weighted by molar-refractivity contribution is 5.67. The van der Waals surface area contributed by atoms with Gasteiger partial charge in [0.1, 0.15) is 0 Å². The molecule has 5 nitrogen and oxygen atoms in total. The van der Waals surface area contributed by atoms with Gasteiger partial charge in [0.15, 0.2) is 0 Å². The second-order valence-electron chi connectivity index (χ2n) is 5.91. The number of hydrogen-bond acceptors (Lipinski definition) is 3. The van der Waals surface area contributed by atoms with Crippen LogP contribution in [0.1, 0.15) is 77.6 Å². The van der Waals surface area contributed by atoms with Gasteiger partial charge in [-0.1, -0.05) is 38.5 Å². The monoisotopic (exact) mass is 302 g/mol. The second-order valence-corrected chi connectivity index (χ2v) is 5.91. The van der Waals surface area contributed by atoms with E-state index in [9.17, 15) is 4.79 Å². The number of aliphatic carboxylic acids is 2. The zero-order valence-electron chi connectivity index (χ0n) is 13.1. The molecule has 124 valence electrons. The molecule has 0 bridgehead atoms. The lowest BCUT2D eigenvalue weighted by molar-refractivity contribution is -0.138. The first kappa shape index (κ1) is 19.9. The number of carbonyl (C=O) groups is 2. The molecule has 0 unspecified atom stereocenters. The maximum atomic E-state index is 10.3. The first-order valence-electron chi connectivity index (χ1n) is 8.01. The quantitative estimate of drug-likeness (QED) is 0.726. The average Bonchev–Trinajstić information content (AvgIpc) is 2.40. The van der Waals surface area contributed by atoms with Crippen LogP contribution in [0.25, 0.3) is 0 Å². The molecule has 0 radical (unpaired) electrons. The zero-order chi connectivity index (χ0) is 16.1. The summed E-state index contributed by atoms with van der Waals surface area (Å²) in [5.74, 6) is -0.988. The summed E-state index contributed by atoms with van der Waals surface area (Å²) in [6, 6.07) is 0. The van der Waals surface area contributed by atoms with Crippen LogP contribution in [0.2, 0.25) is 0 Å². The van der Waals surface area contributed by atoms with E-state index in [2.05, 4.69) is 0 Å². The predicted molar refractivity (Wildman–Crippen MR) is 81.2 cm³/mol. The van der Waals surface area contributed by atoms with Crippen LogP contribution in [-0.2, 0) is 9.59 Å². The molecule has 0 heterocycles. The molecule has 0 saturated heterocycles. The minimum Gasteiger partial charge on any atom is -0.481 e. The van der Waals surface area contributed by atoms with Crippen LogP contribution in [0.3, 0.4) is 0 Å². The smallest absolute Gasteiger partial charge is 0.303 e. The van der Waals surface area contributed by atoms with Gasteiger partial charge in [0.2, 0.25) is 0 Å². The predicted octanol–water partition coefficient (Wildman–Crippen LogP) is 3.44. The summed E-state index contributed by atoms with van der Waals surface area (Å²) in [5, 5.41) is 24.8. The van der Waals surface area contributed by atoms with Crippen LogP contribution in [-0.4, -0.2) is 33.4 Å². The van der Waals surface area contributed by atoms with Crippen molar-refractivity contribution < 1.29 is 24.9 Å². The summed E-state index contributed by atoms with van der Waals surface area (Å²) in [6.07, 6.45) is 12.3. The molecule has 2 aliphatic rings. The van der Waals surface area contributed by atoms with E-state index in [4.69, 9.17) is 20.1 Å². The Bertz CT molecular complexity index is 274. The van der Waals surface area contributed by atoms with E-state index in [0.717, 1.165) is 32.6 Å². The summed E-state index contributed by atoms with van der Waals surface area (Å²) in [5.41, 5.74) is 0. The molecule has 0 aromatic carbocycles. The van der Waals surface area contributed by atoms with E-state index in [1.165, 1.54) is 38.5 Å². The van der Waals surface area contributed by atoms with Crippen molar-refractivity contribution in [1.82, 2.24) is 0 Å². The van der Waals surface area contributed by atoms with E-state index in [0.29, 0.717) is 12.3 Å². The number of rotatable bonds is 2. The van der Waals surface area contributed by atoms with Gasteiger partial charge >= 0.3 is 5.97 Å². The van der Waals surface area contributed by atoms with E-state index >= 15 is 0 Å². The number of carboxylic acid groups (broad SMARTS) is 2. The summed E-state index contributed by atoms with van der Waals surface area (Å²) >= 11 is 0. The summed E-state index contributed by atoms with van der Waals surface area (Å²) < 4.78 is 0. The van der Waals surface area contributed by atoms with Gasteiger partial charge in [0.25, 0.3) is 5.97 Å². The molecule has 0 spiro atoms. The highest BCUT2D eigenvalue weighted by Gasteiger charge is 2.15. The third-order valence-electron chi connectivity index (χ3n) is 3.76. The van der Waals surface area contributed by atoms with Crippen molar-refractivity contribution in [2.24, 2.45) is 5.92 Å². The SMILES string of the molecule is CC(=O)O.O=C(O)CC1CCCCC1.OC1CCCCC1. The molecule has 2 rings (SSSR count). The highest BCUT2D eigenvalue weighted by atomic mass is 16.4. The summed E-state index contributed by atoms with van der Waals surface area (Å²) in [4.78, 5) is 19.3. The van der Waals surface area contributed by atoms with Crippen LogP contribution < -0.4 is 0 Å². The van der Waals surface area contributed by atoms with E-state index in [1.54, 1.807) is 0 Å². The molecular weight excluding hydrogens is 272 g/mol. The minimum absolute atomic E-state index is 0.0359. The zero-order valence-corrected chi connectivity index (χ0v) is 13.1. The van der Waals surface area contributed by atoms with Crippen LogP contribution in [0.15, 0.2) is 0 Å². The third-order valence-corrected chi connectivity index (χ3v) is 3.76. The molecule has 0 aliphatic heterocycles. The molecule has 3 N–H and O–H groups in total. The van der Waals surface area contributed by atoms with Gasteiger partial charge < -0.3 is 15.3 Å². The third kappa shape index (κ3) is 15.1. The minimum atomic E-state index is -0.833. The van der Waals surface area contributed by atoms with Gasteiger partial charge in [-0.15, -0.1) is 0 Å². The average molecular weight is 302 g/mol. The van der Waals surface area contributed by atoms with Crippen LogP contribution in [0.4, 0.5) is 0 Å². The highest BCUT2D eigenvalue weighted by Crippen LogP contribution is 2.25. The van der Waals surface area contributed by atoms with Gasteiger partial charge in [-0.05, 0) is 31.6 Å². The van der Waals surface area contributed by atoms with Crippen molar-refractivity contribution in [3.63, 3.8) is 0 Å². The number of carboxylic acids is 2. The fourth-order valence-corrected chi connectivity index (χ4v) is 2.72. The van der Waals surface area contributed by atoms with Crippen molar-refractivity contribution in [3.05, 3.63) is 0 Å². The normalized spacial score (nSPS) is 19.5. The molecule has 2 aliphatic carbocycles. The standard InChI is InChI=1S/C8H14O2.C6H12O.C2H4O2/c9-8(10)6-7-4-2-1-3-5-7;7-6-4-2-1-3-5-6;1-2(3)4/h7H,1-6H2,(H,9,10);6-7H,1-5H2;1H3,(H,3,4). The number of aliphatic hydroxyl groups excluding tert-OH is 1. The summed E-state index contributed by atoms with van der Waals surface area (Å²) in [7, 11) is 0. The molecule has 0 atom stereocenters. The fourth-order valence-electron chi connectivity index (χ4n) is 2.72. The van der Waals surface area contributed by atoms with Gasteiger partial charge in [-0.25, -0.2) is 0 Å². The van der Waals surface area contributed by atoms with Crippen LogP contribution >= 0.6 is 0 Å². The Balaban J connectivity index is 0.000000317. The molecule has 5 heteroatoms. The second kappa shape index (κ2) is 12.6. The Hall–Kier alpha value is -1.10. The van der Waals surface area contributed by atoms with E-state index in [1.807, 2.05) is 0 Å². The van der Waals surface area contributed by atoms with E-state index in [-0.39, 0.29) is 6.10 Å². The number of hydrogen-bond donors (Lipinski definition) is 3.